The van der Waals surface area contributed by atoms with Crippen molar-refractivity contribution in [1.29, 1.82) is 0 Å². The lowest BCUT2D eigenvalue weighted by Crippen LogP contribution is -2.46. The van der Waals surface area contributed by atoms with Gasteiger partial charge in [0.15, 0.2) is 0 Å². The molecule has 138 valence electrons. The van der Waals surface area contributed by atoms with Gasteiger partial charge in [0.25, 0.3) is 0 Å². The molecule has 0 bridgehead atoms. The van der Waals surface area contributed by atoms with Crippen molar-refractivity contribution in [2.45, 2.75) is 13.8 Å². The van der Waals surface area contributed by atoms with Gasteiger partial charge in [0, 0.05) is 37.6 Å². The number of nitrogens with one attached hydrogen (secondary N) is 2. The van der Waals surface area contributed by atoms with Crippen LogP contribution in [0.5, 0.6) is 0 Å². The molecule has 0 aromatic heterocycles. The molecule has 1 aliphatic heterocycles. The molecule has 2 aromatic rings. The molecular weight excluding hydrogens is 348 g/mol. The van der Waals surface area contributed by atoms with Gasteiger partial charge >= 0.3 is 6.03 Å². The van der Waals surface area contributed by atoms with E-state index in [-0.39, 0.29) is 6.03 Å². The number of halogens is 1. The quantitative estimate of drug-likeness (QED) is 0.834. The van der Waals surface area contributed by atoms with E-state index in [0.717, 1.165) is 44.0 Å². The predicted octanol–water partition coefficient (Wildman–Crippen LogP) is 4.43. The second-order valence-corrected chi connectivity index (χ2v) is 6.89. The van der Waals surface area contributed by atoms with Gasteiger partial charge in [-0.2, -0.15) is 0 Å². The number of nitrogens with zero attached hydrogens (tertiary/aromatic N) is 2. The summed E-state index contributed by atoms with van der Waals surface area (Å²) < 4.78 is 0. The Bertz CT molecular complexity index is 772. The van der Waals surface area contributed by atoms with Gasteiger partial charge in [-0.05, 0) is 49.4 Å². The minimum absolute atomic E-state index is 0.300. The van der Waals surface area contributed by atoms with Crippen LogP contribution in [0.4, 0.5) is 21.9 Å². The normalized spacial score (nSPS) is 15.0. The number of hydrogen-bond acceptors (Lipinski definition) is 3. The lowest BCUT2D eigenvalue weighted by atomic mass is 10.1. The second kappa shape index (κ2) is 8.43. The molecule has 0 atom stereocenters. The fourth-order valence-corrected chi connectivity index (χ4v) is 3.33. The minimum Gasteiger partial charge on any atom is -0.369 e. The average Bonchev–Trinajstić information content (AvgIpc) is 2.65. The van der Waals surface area contributed by atoms with E-state index in [0.29, 0.717) is 10.7 Å². The molecular formula is C20H25ClN4O. The zero-order valence-corrected chi connectivity index (χ0v) is 16.0. The summed E-state index contributed by atoms with van der Waals surface area (Å²) in [5.41, 5.74) is 3.63. The van der Waals surface area contributed by atoms with Gasteiger partial charge in [0.1, 0.15) is 0 Å². The molecule has 1 saturated heterocycles. The van der Waals surface area contributed by atoms with Gasteiger partial charge in [0.05, 0.1) is 10.7 Å². The van der Waals surface area contributed by atoms with Crippen LogP contribution in [0.3, 0.4) is 0 Å². The number of hydrogen-bond donors (Lipinski definition) is 2. The van der Waals surface area contributed by atoms with Gasteiger partial charge in [-0.1, -0.05) is 30.7 Å². The number of carbonyl (C=O) groups excluding carboxylic acids is 1. The number of benzene rings is 2. The average molecular weight is 373 g/mol. The molecule has 3 rings (SSSR count). The predicted molar refractivity (Wildman–Crippen MR) is 110 cm³/mol. The largest absolute Gasteiger partial charge is 0.369 e. The summed E-state index contributed by atoms with van der Waals surface area (Å²) in [5.74, 6) is 0. The molecule has 6 heteroatoms. The van der Waals surface area contributed by atoms with Crippen LogP contribution in [0.2, 0.25) is 5.02 Å². The molecule has 1 fully saturated rings. The molecule has 0 unspecified atom stereocenters. The standard InChI is InChI=1S/C20H25ClN4O/c1-3-24-10-12-25(13-11-24)16-8-9-18(15(2)14-16)22-20(26)23-19-7-5-4-6-17(19)21/h4-9,14H,3,10-13H2,1-2H3,(H2,22,23,26). The summed E-state index contributed by atoms with van der Waals surface area (Å²) in [4.78, 5) is 17.1. The lowest BCUT2D eigenvalue weighted by molar-refractivity contribution is 0.262. The van der Waals surface area contributed by atoms with Crippen molar-refractivity contribution < 1.29 is 4.79 Å². The third kappa shape index (κ3) is 4.48. The Labute approximate surface area is 159 Å². The molecule has 5 nitrogen and oxygen atoms in total. The van der Waals surface area contributed by atoms with Gasteiger partial charge in [-0.15, -0.1) is 0 Å². The lowest BCUT2D eigenvalue weighted by Gasteiger charge is -2.35. The van der Waals surface area contributed by atoms with Gasteiger partial charge in [-0.25, -0.2) is 4.79 Å². The highest BCUT2D eigenvalue weighted by Crippen LogP contribution is 2.25. The zero-order valence-electron chi connectivity index (χ0n) is 15.3. The van der Waals surface area contributed by atoms with Gasteiger partial charge in [-0.3, -0.25) is 0 Å². The summed E-state index contributed by atoms with van der Waals surface area (Å²) >= 11 is 6.08. The Kier molecular flexibility index (Phi) is 6.01. The maximum absolute atomic E-state index is 12.2. The molecule has 26 heavy (non-hydrogen) atoms. The van der Waals surface area contributed by atoms with Crippen molar-refractivity contribution in [2.75, 3.05) is 48.3 Å². The number of carbonyl (C=O) groups is 1. The molecule has 0 aliphatic carbocycles. The van der Waals surface area contributed by atoms with E-state index in [2.05, 4.69) is 39.5 Å². The fourth-order valence-electron chi connectivity index (χ4n) is 3.15. The summed E-state index contributed by atoms with van der Waals surface area (Å²) in [6.45, 7) is 9.58. The number of anilines is 3. The molecule has 2 N–H and O–H groups in total. The van der Waals surface area contributed by atoms with Crippen molar-refractivity contribution in [3.8, 4) is 0 Å². The number of likely N-dealkylation sites (N-methyl/N-ethyl adjacent to an activating group) is 1. The van der Waals surface area contributed by atoms with Crippen molar-refractivity contribution in [2.24, 2.45) is 0 Å². The Morgan fingerprint density at radius 2 is 1.73 bits per heavy atom. The fraction of sp³-hybridized carbons (Fsp3) is 0.350. The maximum atomic E-state index is 12.2. The third-order valence-corrected chi connectivity index (χ3v) is 5.09. The van der Waals surface area contributed by atoms with Gasteiger partial charge < -0.3 is 20.4 Å². The van der Waals surface area contributed by atoms with E-state index in [4.69, 9.17) is 11.6 Å². The van der Waals surface area contributed by atoms with Crippen molar-refractivity contribution in [3.63, 3.8) is 0 Å². The molecule has 0 spiro atoms. The molecule has 1 heterocycles. The highest BCUT2D eigenvalue weighted by Gasteiger charge is 2.16. The highest BCUT2D eigenvalue weighted by atomic mass is 35.5. The van der Waals surface area contributed by atoms with E-state index < -0.39 is 0 Å². The summed E-state index contributed by atoms with van der Waals surface area (Å²) in [7, 11) is 0. The smallest absolute Gasteiger partial charge is 0.323 e. The van der Waals surface area contributed by atoms with Gasteiger partial charge in [0.2, 0.25) is 0 Å². The van der Waals surface area contributed by atoms with E-state index in [1.165, 1.54) is 5.69 Å². The number of amides is 2. The number of piperazine rings is 1. The van der Waals surface area contributed by atoms with Crippen LogP contribution in [0.25, 0.3) is 0 Å². The third-order valence-electron chi connectivity index (χ3n) is 4.76. The van der Waals surface area contributed by atoms with Crippen LogP contribution >= 0.6 is 11.6 Å². The molecule has 1 aliphatic rings. The van der Waals surface area contributed by atoms with Crippen molar-refractivity contribution >= 4 is 34.7 Å². The molecule has 0 radical (unpaired) electrons. The van der Waals surface area contributed by atoms with Crippen LogP contribution in [-0.2, 0) is 0 Å². The maximum Gasteiger partial charge on any atom is 0.323 e. The van der Waals surface area contributed by atoms with E-state index in [1.54, 1.807) is 12.1 Å². The Hall–Kier alpha value is -2.24. The van der Waals surface area contributed by atoms with Crippen LogP contribution in [0.1, 0.15) is 12.5 Å². The number of para-hydroxylation sites is 1. The Morgan fingerprint density at radius 3 is 2.38 bits per heavy atom. The highest BCUT2D eigenvalue weighted by molar-refractivity contribution is 6.33. The van der Waals surface area contributed by atoms with Crippen LogP contribution in [-0.4, -0.2) is 43.7 Å². The van der Waals surface area contributed by atoms with Crippen LogP contribution in [0.15, 0.2) is 42.5 Å². The molecule has 2 aromatic carbocycles. The summed E-state index contributed by atoms with van der Waals surface area (Å²) in [6, 6.07) is 13.0. The van der Waals surface area contributed by atoms with Crippen molar-refractivity contribution in [1.82, 2.24) is 4.90 Å². The topological polar surface area (TPSA) is 47.6 Å². The first-order valence-electron chi connectivity index (χ1n) is 8.97. The van der Waals surface area contributed by atoms with Crippen LogP contribution < -0.4 is 15.5 Å². The number of rotatable bonds is 4. The molecule has 0 saturated carbocycles. The van der Waals surface area contributed by atoms with Crippen LogP contribution in [0, 0.1) is 6.92 Å². The Balaban J connectivity index is 1.63. The summed E-state index contributed by atoms with van der Waals surface area (Å²) in [5, 5.41) is 6.19. The first-order chi connectivity index (χ1) is 12.6. The zero-order chi connectivity index (χ0) is 18.5. The van der Waals surface area contributed by atoms with E-state index >= 15 is 0 Å². The number of aryl methyl sites for hydroxylation is 1. The van der Waals surface area contributed by atoms with E-state index in [9.17, 15) is 4.79 Å². The first-order valence-corrected chi connectivity index (χ1v) is 9.35. The summed E-state index contributed by atoms with van der Waals surface area (Å²) in [6.07, 6.45) is 0. The molecule has 2 amide bonds. The van der Waals surface area contributed by atoms with Crippen molar-refractivity contribution in [3.05, 3.63) is 53.1 Å². The number of urea groups is 1. The first kappa shape index (κ1) is 18.5. The minimum atomic E-state index is -0.300. The second-order valence-electron chi connectivity index (χ2n) is 6.48. The monoisotopic (exact) mass is 372 g/mol. The van der Waals surface area contributed by atoms with E-state index in [1.807, 2.05) is 25.1 Å². The Morgan fingerprint density at radius 1 is 1.04 bits per heavy atom. The SMILES string of the molecule is CCN1CCN(c2ccc(NC(=O)Nc3ccccc3Cl)c(C)c2)CC1.